The van der Waals surface area contributed by atoms with Gasteiger partial charge in [-0.1, -0.05) is 199 Å². The normalized spacial score (nSPS) is 11.5. The number of hydrogen-bond donors (Lipinski definition) is 0. The summed E-state index contributed by atoms with van der Waals surface area (Å²) in [5.74, 6) is 1.01. The Morgan fingerprint density at radius 2 is 0.820 bits per heavy atom. The summed E-state index contributed by atoms with van der Waals surface area (Å²) in [7, 11) is 0. The summed E-state index contributed by atoms with van der Waals surface area (Å²) < 4.78 is 2.14. The van der Waals surface area contributed by atoms with Crippen molar-refractivity contribution in [2.75, 3.05) is 0 Å². The smallest absolute Gasteiger partial charge is 0.273 e. The topological polar surface area (TPSA) is 82.3 Å². The van der Waals surface area contributed by atoms with E-state index in [1.54, 1.807) is 0 Å². The van der Waals surface area contributed by atoms with Crippen molar-refractivity contribution in [3.8, 4) is 28.5 Å². The highest BCUT2D eigenvalue weighted by atomic mass is 15.4. The molecule has 9 heteroatoms. The van der Waals surface area contributed by atoms with Crippen LogP contribution in [0.25, 0.3) is 50.3 Å². The first-order valence-electron chi connectivity index (χ1n) is 20.7. The van der Waals surface area contributed by atoms with Gasteiger partial charge in [-0.05, 0) is 47.5 Å². The number of hydrogen-bond acceptors (Lipinski definition) is 6. The molecule has 0 unspecified atom stereocenters. The van der Waals surface area contributed by atoms with E-state index in [1.807, 2.05) is 36.7 Å². The van der Waals surface area contributed by atoms with E-state index in [1.165, 1.54) is 21.9 Å². The maximum absolute atomic E-state index is 4.79. The maximum atomic E-state index is 4.79. The van der Waals surface area contributed by atoms with E-state index in [0.29, 0.717) is 11.8 Å². The third-order valence-electron chi connectivity index (χ3n) is 11.4. The molecule has 10 aromatic rings. The van der Waals surface area contributed by atoms with Crippen LogP contribution in [0.2, 0.25) is 0 Å². The lowest BCUT2D eigenvalue weighted by Crippen LogP contribution is -2.52. The predicted octanol–water partition coefficient (Wildman–Crippen LogP) is 6.82. The van der Waals surface area contributed by atoms with E-state index in [4.69, 9.17) is 10.2 Å². The fraction of sp³-hybridized carbons (Fsp3) is 0.0769. The van der Waals surface area contributed by atoms with Gasteiger partial charge in [-0.2, -0.15) is 0 Å². The van der Waals surface area contributed by atoms with Crippen LogP contribution < -0.4 is 32.8 Å². The maximum Gasteiger partial charge on any atom is 0.273 e. The molecule has 61 heavy (non-hydrogen) atoms. The van der Waals surface area contributed by atoms with Crippen LogP contribution in [0.15, 0.2) is 194 Å². The molecule has 4 heterocycles. The first kappa shape index (κ1) is 37.7. The zero-order valence-electron chi connectivity index (χ0n) is 34.3. The molecule has 0 atom stereocenters. The second-order valence-corrected chi connectivity index (χ2v) is 16.5. The summed E-state index contributed by atoms with van der Waals surface area (Å²) in [6, 6.07) is 64.6. The lowest BCUT2D eigenvalue weighted by molar-refractivity contribution is 0.516. The van der Waals surface area contributed by atoms with Gasteiger partial charge in [-0.15, -0.1) is 20.4 Å². The quantitative estimate of drug-likeness (QED) is 0.150. The molecule has 7 nitrogen and oxygen atoms in total. The molecule has 0 aliphatic rings. The number of pyridine rings is 2. The number of nitrogens with zero attached hydrogens (tertiary/aromatic N) is 7. The second kappa shape index (κ2) is 15.9. The van der Waals surface area contributed by atoms with Gasteiger partial charge >= 0.3 is 0 Å². The summed E-state index contributed by atoms with van der Waals surface area (Å²) in [5.41, 5.74) is 12.7. The third kappa shape index (κ3) is 7.40. The minimum absolute atomic E-state index is 0.0643. The Bertz CT molecular complexity index is 2930. The fourth-order valence-corrected chi connectivity index (χ4v) is 8.51. The average molecular weight is 786 g/mol. The Labute approximate surface area is 356 Å². The monoisotopic (exact) mass is 785 g/mol. The molecule has 10 rings (SSSR count). The number of benzene rings is 6. The average Bonchev–Trinajstić information content (AvgIpc) is 3.63. The van der Waals surface area contributed by atoms with Gasteiger partial charge in [-0.3, -0.25) is 14.5 Å². The summed E-state index contributed by atoms with van der Waals surface area (Å²) in [6.45, 7) is 6.09. The Balaban J connectivity index is 1.19. The number of aromatic nitrogens is 7. The van der Waals surface area contributed by atoms with Gasteiger partial charge in [0.25, 0.3) is 5.95 Å². The number of rotatable bonds is 9. The van der Waals surface area contributed by atoms with Gasteiger partial charge in [0.05, 0.1) is 22.4 Å². The largest absolute Gasteiger partial charge is 0.275 e. The highest BCUT2D eigenvalue weighted by molar-refractivity contribution is 6.96. The van der Waals surface area contributed by atoms with Crippen molar-refractivity contribution in [3.05, 3.63) is 200 Å². The van der Waals surface area contributed by atoms with Gasteiger partial charge in [0.2, 0.25) is 13.4 Å². The Hall–Kier alpha value is -7.51. The zero-order valence-corrected chi connectivity index (χ0v) is 34.3. The molecule has 6 aromatic carbocycles. The molecule has 0 bridgehead atoms. The molecule has 0 amide bonds. The summed E-state index contributed by atoms with van der Waals surface area (Å²) in [6.07, 6.45) is 3.69. The van der Waals surface area contributed by atoms with Crippen molar-refractivity contribution in [1.82, 2.24) is 34.9 Å². The van der Waals surface area contributed by atoms with Crippen LogP contribution >= 0.6 is 0 Å². The highest BCUT2D eigenvalue weighted by Crippen LogP contribution is 2.30. The lowest BCUT2D eigenvalue weighted by Gasteiger charge is -2.18. The van der Waals surface area contributed by atoms with E-state index in [9.17, 15) is 0 Å². The zero-order chi connectivity index (χ0) is 41.3. The summed E-state index contributed by atoms with van der Waals surface area (Å²) in [5, 5.41) is 21.0. The van der Waals surface area contributed by atoms with Gasteiger partial charge in [0.15, 0.2) is 5.82 Å². The van der Waals surface area contributed by atoms with Gasteiger partial charge in [-0.25, -0.2) is 0 Å². The molecule has 0 saturated carbocycles. The molecule has 4 aromatic heterocycles. The van der Waals surface area contributed by atoms with Crippen LogP contribution in [0.1, 0.15) is 26.6 Å². The van der Waals surface area contributed by atoms with E-state index in [0.717, 1.165) is 55.2 Å². The Morgan fingerprint density at radius 1 is 0.393 bits per heavy atom. The van der Waals surface area contributed by atoms with E-state index in [2.05, 4.69) is 203 Å². The first-order chi connectivity index (χ1) is 29.9. The third-order valence-corrected chi connectivity index (χ3v) is 11.4. The van der Waals surface area contributed by atoms with Gasteiger partial charge < -0.3 is 0 Å². The summed E-state index contributed by atoms with van der Waals surface area (Å²) in [4.78, 5) is 9.34. The minimum atomic E-state index is -0.306. The van der Waals surface area contributed by atoms with Gasteiger partial charge in [0.1, 0.15) is 0 Å². The van der Waals surface area contributed by atoms with Crippen LogP contribution in [0.4, 0.5) is 0 Å². The van der Waals surface area contributed by atoms with Crippen LogP contribution in [0.3, 0.4) is 0 Å². The van der Waals surface area contributed by atoms with Crippen LogP contribution in [0, 0.1) is 0 Å². The molecule has 0 radical (unpaired) electrons. The number of fused-ring (bicyclic) bond motifs is 3. The molecule has 0 aliphatic carbocycles. The molecule has 0 saturated heterocycles. The standard InChI is InChI=1S/C52H41B2N7/c1-52(2,3)50-57-59-51(60-58-50)61-48-34-42(53(38-18-6-4-7-19-38)40-22-14-16-36(32-40)46-24-10-12-30-55-46)26-28-44(48)45-29-27-43(35-49(45)61)54(39-20-8-5-9-21-39)41-23-15-17-37(33-41)47-25-11-13-31-56-47/h4-35H,1-3H3. The molecular weight excluding hydrogens is 744 g/mol. The lowest BCUT2D eigenvalue weighted by atomic mass is 9.36. The van der Waals surface area contributed by atoms with E-state index >= 15 is 0 Å². The molecule has 0 spiro atoms. The highest BCUT2D eigenvalue weighted by Gasteiger charge is 2.28. The second-order valence-electron chi connectivity index (χ2n) is 16.5. The van der Waals surface area contributed by atoms with Crippen molar-refractivity contribution in [2.45, 2.75) is 26.2 Å². The fourth-order valence-electron chi connectivity index (χ4n) is 8.51. The molecule has 290 valence electrons. The van der Waals surface area contributed by atoms with Gasteiger partial charge in [0, 0.05) is 28.6 Å². The van der Waals surface area contributed by atoms with Crippen LogP contribution in [-0.2, 0) is 5.41 Å². The Morgan fingerprint density at radius 3 is 1.25 bits per heavy atom. The van der Waals surface area contributed by atoms with Crippen LogP contribution in [-0.4, -0.2) is 48.4 Å². The van der Waals surface area contributed by atoms with Crippen molar-refractivity contribution >= 4 is 68.0 Å². The minimum Gasteiger partial charge on any atom is -0.275 e. The van der Waals surface area contributed by atoms with Crippen molar-refractivity contribution < 1.29 is 0 Å². The predicted molar refractivity (Wildman–Crippen MR) is 252 cm³/mol. The molecular formula is C52H41B2N7. The molecule has 0 aliphatic heterocycles. The van der Waals surface area contributed by atoms with Crippen LogP contribution in [0.5, 0.6) is 0 Å². The van der Waals surface area contributed by atoms with E-state index < -0.39 is 0 Å². The van der Waals surface area contributed by atoms with E-state index in [-0.39, 0.29) is 18.8 Å². The van der Waals surface area contributed by atoms with Crippen molar-refractivity contribution in [1.29, 1.82) is 0 Å². The summed E-state index contributed by atoms with van der Waals surface area (Å²) >= 11 is 0. The molecule has 0 fully saturated rings. The first-order valence-corrected chi connectivity index (χ1v) is 20.7. The van der Waals surface area contributed by atoms with Crippen molar-refractivity contribution in [2.24, 2.45) is 0 Å². The molecule has 0 N–H and O–H groups in total. The van der Waals surface area contributed by atoms with Crippen molar-refractivity contribution in [3.63, 3.8) is 0 Å². The Kier molecular flexibility index (Phi) is 9.85. The SMILES string of the molecule is CC(C)(C)c1nnc(-n2c3cc(B(c4ccccc4)c4cccc(-c5ccccn5)c4)ccc3c3ccc(B(c4ccccc4)c4cccc(-c5ccccn5)c4)cc32)nn1.